The van der Waals surface area contributed by atoms with Gasteiger partial charge in [0.2, 0.25) is 6.79 Å². The van der Waals surface area contributed by atoms with Crippen LogP contribution in [0, 0.1) is 0 Å². The van der Waals surface area contributed by atoms with Crippen LogP contribution in [0.4, 0.5) is 0 Å². The van der Waals surface area contributed by atoms with Gasteiger partial charge < -0.3 is 33.7 Å². The molecule has 2 heterocycles. The van der Waals surface area contributed by atoms with E-state index in [9.17, 15) is 14.4 Å². The fourth-order valence-electron chi connectivity index (χ4n) is 2.92. The van der Waals surface area contributed by atoms with E-state index in [0.717, 1.165) is 6.42 Å². The van der Waals surface area contributed by atoms with Crippen molar-refractivity contribution in [1.29, 1.82) is 0 Å². The highest BCUT2D eigenvalue weighted by molar-refractivity contribution is 5.98. The Bertz CT molecular complexity index is 787. The molecule has 2 rings (SSSR count). The van der Waals surface area contributed by atoms with E-state index >= 15 is 0 Å². The third kappa shape index (κ3) is 7.34. The second kappa shape index (κ2) is 12.8. The summed E-state index contributed by atoms with van der Waals surface area (Å²) in [4.78, 5) is 40.6. The SMILES string of the molecule is CCCO[C@@H]1CCOC[C@H](NC(=O)c2nccc(OC)c2OCOC(C)=O)C(=O)O[C@H]1C. The summed E-state index contributed by atoms with van der Waals surface area (Å²) in [6, 6.07) is 0.416. The van der Waals surface area contributed by atoms with E-state index in [1.165, 1.54) is 26.3 Å². The second-order valence-electron chi connectivity index (χ2n) is 7.03. The predicted octanol–water partition coefficient (Wildman–Crippen LogP) is 1.24. The average Bonchev–Trinajstić information content (AvgIpc) is 2.82. The molecule has 1 N–H and O–H groups in total. The number of ether oxygens (including phenoxy) is 6. The first-order valence-corrected chi connectivity index (χ1v) is 10.4. The normalized spacial score (nSPS) is 21.4. The molecule has 11 heteroatoms. The third-order valence-electron chi connectivity index (χ3n) is 4.55. The van der Waals surface area contributed by atoms with Gasteiger partial charge in [-0.1, -0.05) is 6.92 Å². The monoisotopic (exact) mass is 454 g/mol. The van der Waals surface area contributed by atoms with Crippen LogP contribution in [0.1, 0.15) is 44.1 Å². The van der Waals surface area contributed by atoms with Gasteiger partial charge in [0, 0.05) is 38.8 Å². The van der Waals surface area contributed by atoms with Gasteiger partial charge in [-0.05, 0) is 13.3 Å². The van der Waals surface area contributed by atoms with Gasteiger partial charge in [0.15, 0.2) is 23.2 Å². The molecule has 0 unspecified atom stereocenters. The quantitative estimate of drug-likeness (QED) is 0.429. The number of cyclic esters (lactones) is 1. The number of nitrogens with one attached hydrogen (secondary N) is 1. The van der Waals surface area contributed by atoms with Crippen LogP contribution in [-0.4, -0.2) is 74.8 Å². The van der Waals surface area contributed by atoms with Gasteiger partial charge >= 0.3 is 11.9 Å². The lowest BCUT2D eigenvalue weighted by Crippen LogP contribution is -2.46. The third-order valence-corrected chi connectivity index (χ3v) is 4.55. The predicted molar refractivity (Wildman–Crippen MR) is 110 cm³/mol. The zero-order chi connectivity index (χ0) is 23.5. The Labute approximate surface area is 186 Å². The molecule has 0 radical (unpaired) electrons. The summed E-state index contributed by atoms with van der Waals surface area (Å²) in [5, 5.41) is 2.56. The van der Waals surface area contributed by atoms with E-state index in [0.29, 0.717) is 19.6 Å². The minimum absolute atomic E-state index is 0.0347. The molecule has 1 fully saturated rings. The van der Waals surface area contributed by atoms with Crippen LogP contribution in [0.3, 0.4) is 0 Å². The van der Waals surface area contributed by atoms with E-state index in [-0.39, 0.29) is 29.9 Å². The van der Waals surface area contributed by atoms with Crippen molar-refractivity contribution in [3.63, 3.8) is 0 Å². The standard InChI is InChI=1S/C21H30N2O9/c1-5-9-29-16-7-10-28-11-15(21(26)32-13(16)2)23-20(25)18-19(31-12-30-14(3)24)17(27-4)6-8-22-18/h6,8,13,15-16H,5,7,9-12H2,1-4H3,(H,23,25)/t13-,15-,16+/m0/s1. The zero-order valence-corrected chi connectivity index (χ0v) is 18.8. The molecule has 0 bridgehead atoms. The van der Waals surface area contributed by atoms with Gasteiger partial charge in [-0.15, -0.1) is 0 Å². The molecular weight excluding hydrogens is 424 g/mol. The molecule has 1 aromatic heterocycles. The number of hydrogen-bond acceptors (Lipinski definition) is 10. The van der Waals surface area contributed by atoms with Crippen molar-refractivity contribution in [1.82, 2.24) is 10.3 Å². The minimum atomic E-state index is -1.07. The number of nitrogens with zero attached hydrogens (tertiary/aromatic N) is 1. The average molecular weight is 454 g/mol. The first kappa shape index (κ1) is 25.3. The summed E-state index contributed by atoms with van der Waals surface area (Å²) in [5.41, 5.74) is -0.152. The molecule has 1 aliphatic heterocycles. The van der Waals surface area contributed by atoms with Crippen LogP contribution in [-0.2, 0) is 28.5 Å². The molecule has 1 saturated heterocycles. The number of pyridine rings is 1. The lowest BCUT2D eigenvalue weighted by Gasteiger charge is -2.24. The smallest absolute Gasteiger partial charge is 0.331 e. The van der Waals surface area contributed by atoms with E-state index in [1.807, 2.05) is 6.92 Å². The first-order chi connectivity index (χ1) is 15.4. The largest absolute Gasteiger partial charge is 0.493 e. The number of aromatic nitrogens is 1. The summed E-state index contributed by atoms with van der Waals surface area (Å²) in [5.74, 6) is -1.75. The van der Waals surface area contributed by atoms with Crippen molar-refractivity contribution in [2.24, 2.45) is 0 Å². The minimum Gasteiger partial charge on any atom is -0.493 e. The summed E-state index contributed by atoms with van der Waals surface area (Å²) in [6.45, 7) is 5.32. The van der Waals surface area contributed by atoms with Crippen LogP contribution < -0.4 is 14.8 Å². The Kier molecular flexibility index (Phi) is 10.2. The highest BCUT2D eigenvalue weighted by Gasteiger charge is 2.31. The van der Waals surface area contributed by atoms with Crippen molar-refractivity contribution in [3.8, 4) is 11.5 Å². The number of methoxy groups -OCH3 is 1. The summed E-state index contributed by atoms with van der Waals surface area (Å²) < 4.78 is 32.2. The van der Waals surface area contributed by atoms with Crippen LogP contribution in [0.15, 0.2) is 12.3 Å². The number of hydrogen-bond donors (Lipinski definition) is 1. The topological polar surface area (TPSA) is 132 Å². The molecule has 1 aromatic rings. The molecule has 3 atom stereocenters. The summed E-state index contributed by atoms with van der Waals surface area (Å²) in [7, 11) is 1.39. The number of rotatable bonds is 9. The van der Waals surface area contributed by atoms with Gasteiger partial charge in [0.25, 0.3) is 5.91 Å². The van der Waals surface area contributed by atoms with Crippen molar-refractivity contribution in [3.05, 3.63) is 18.0 Å². The molecule has 32 heavy (non-hydrogen) atoms. The maximum atomic E-state index is 12.9. The molecule has 0 aliphatic carbocycles. The molecule has 0 aromatic carbocycles. The Morgan fingerprint density at radius 2 is 2.12 bits per heavy atom. The molecule has 178 valence electrons. The van der Waals surface area contributed by atoms with Gasteiger partial charge in [-0.25, -0.2) is 9.78 Å². The fraction of sp³-hybridized carbons (Fsp3) is 0.619. The van der Waals surface area contributed by atoms with Gasteiger partial charge in [-0.2, -0.15) is 0 Å². The van der Waals surface area contributed by atoms with Crippen LogP contribution in [0.25, 0.3) is 0 Å². The van der Waals surface area contributed by atoms with Crippen molar-refractivity contribution >= 4 is 17.8 Å². The number of carbonyl (C=O) groups excluding carboxylic acids is 3. The van der Waals surface area contributed by atoms with Crippen LogP contribution >= 0.6 is 0 Å². The first-order valence-electron chi connectivity index (χ1n) is 10.4. The number of esters is 2. The van der Waals surface area contributed by atoms with Gasteiger partial charge in [0.05, 0.1) is 19.8 Å². The summed E-state index contributed by atoms with van der Waals surface area (Å²) >= 11 is 0. The molecular formula is C21H30N2O9. The zero-order valence-electron chi connectivity index (χ0n) is 18.8. The Hall–Kier alpha value is -2.92. The van der Waals surface area contributed by atoms with E-state index in [1.54, 1.807) is 6.92 Å². The molecule has 11 nitrogen and oxygen atoms in total. The number of carbonyl (C=O) groups is 3. The Balaban J connectivity index is 2.13. The second-order valence-corrected chi connectivity index (χ2v) is 7.03. The van der Waals surface area contributed by atoms with Gasteiger partial charge in [0.1, 0.15) is 6.10 Å². The number of amides is 1. The van der Waals surface area contributed by atoms with Crippen LogP contribution in [0.2, 0.25) is 0 Å². The molecule has 0 spiro atoms. The maximum absolute atomic E-state index is 12.9. The molecule has 1 aliphatic rings. The highest BCUT2D eigenvalue weighted by Crippen LogP contribution is 2.29. The van der Waals surface area contributed by atoms with Crippen LogP contribution in [0.5, 0.6) is 11.5 Å². The van der Waals surface area contributed by atoms with Crippen molar-refractivity contribution in [2.75, 3.05) is 33.7 Å². The fourth-order valence-corrected chi connectivity index (χ4v) is 2.92. The lowest BCUT2D eigenvalue weighted by molar-refractivity contribution is -0.158. The Morgan fingerprint density at radius 3 is 2.81 bits per heavy atom. The Morgan fingerprint density at radius 1 is 1.34 bits per heavy atom. The van der Waals surface area contributed by atoms with E-state index in [4.69, 9.17) is 28.4 Å². The lowest BCUT2D eigenvalue weighted by atomic mass is 10.1. The van der Waals surface area contributed by atoms with Gasteiger partial charge in [-0.3, -0.25) is 9.59 Å². The summed E-state index contributed by atoms with van der Waals surface area (Å²) in [6.07, 6.45) is 1.94. The highest BCUT2D eigenvalue weighted by atomic mass is 16.7. The molecule has 1 amide bonds. The molecule has 0 saturated carbocycles. The van der Waals surface area contributed by atoms with E-state index < -0.39 is 36.8 Å². The van der Waals surface area contributed by atoms with Crippen molar-refractivity contribution in [2.45, 2.75) is 51.9 Å². The van der Waals surface area contributed by atoms with E-state index in [2.05, 4.69) is 10.3 Å². The van der Waals surface area contributed by atoms with Crippen molar-refractivity contribution < 1.29 is 42.8 Å². The maximum Gasteiger partial charge on any atom is 0.331 e.